The zero-order valence-corrected chi connectivity index (χ0v) is 9.19. The zero-order valence-electron chi connectivity index (χ0n) is 9.19. The largest absolute Gasteiger partial charge is 0.366 e. The van der Waals surface area contributed by atoms with E-state index in [4.69, 9.17) is 0 Å². The van der Waals surface area contributed by atoms with Gasteiger partial charge in [-0.15, -0.1) is 0 Å². The predicted octanol–water partition coefficient (Wildman–Crippen LogP) is 1.05. The third-order valence-corrected chi connectivity index (χ3v) is 2.80. The number of nitrogens with zero attached hydrogens (tertiary/aromatic N) is 3. The second-order valence-corrected chi connectivity index (χ2v) is 3.98. The van der Waals surface area contributed by atoms with Gasteiger partial charge in [-0.25, -0.2) is 9.97 Å². The Bertz CT molecular complexity index is 286. The van der Waals surface area contributed by atoms with Crippen LogP contribution in [-0.4, -0.2) is 35.6 Å². The number of anilines is 1. The van der Waals surface area contributed by atoms with E-state index in [-0.39, 0.29) is 0 Å². The van der Waals surface area contributed by atoms with E-state index in [0.29, 0.717) is 6.04 Å². The van der Waals surface area contributed by atoms with Gasteiger partial charge in [0.25, 0.3) is 0 Å². The first-order valence-corrected chi connectivity index (χ1v) is 5.63. The topological polar surface area (TPSA) is 41.1 Å². The van der Waals surface area contributed by atoms with Crippen molar-refractivity contribution in [1.82, 2.24) is 15.3 Å². The van der Waals surface area contributed by atoms with Crippen LogP contribution < -0.4 is 10.2 Å². The lowest BCUT2D eigenvalue weighted by atomic mass is 10.1. The van der Waals surface area contributed by atoms with Crippen LogP contribution in [0.15, 0.2) is 18.7 Å². The Morgan fingerprint density at radius 1 is 1.47 bits per heavy atom. The number of nitrogens with one attached hydrogen (secondary N) is 1. The summed E-state index contributed by atoms with van der Waals surface area (Å²) in [6.45, 7) is 5.40. The molecule has 1 N–H and O–H groups in total. The Hall–Kier alpha value is -1.16. The van der Waals surface area contributed by atoms with Crippen LogP contribution in [0.25, 0.3) is 0 Å². The van der Waals surface area contributed by atoms with E-state index >= 15 is 0 Å². The normalized spacial score (nSPS) is 21.7. The summed E-state index contributed by atoms with van der Waals surface area (Å²) < 4.78 is 0. The molecule has 1 aromatic rings. The van der Waals surface area contributed by atoms with Crippen LogP contribution in [0, 0.1) is 0 Å². The summed E-state index contributed by atoms with van der Waals surface area (Å²) in [5, 5.41) is 3.54. The van der Waals surface area contributed by atoms with Crippen LogP contribution >= 0.6 is 0 Å². The van der Waals surface area contributed by atoms with Crippen LogP contribution in [-0.2, 0) is 0 Å². The third kappa shape index (κ3) is 2.65. The Balaban J connectivity index is 1.98. The van der Waals surface area contributed by atoms with E-state index in [2.05, 4.69) is 27.1 Å². The van der Waals surface area contributed by atoms with Crippen molar-refractivity contribution in [2.75, 3.05) is 24.5 Å². The monoisotopic (exact) mass is 206 g/mol. The maximum atomic E-state index is 4.06. The molecule has 0 amide bonds. The number of hydrogen-bond acceptors (Lipinski definition) is 4. The number of hydrogen-bond donors (Lipinski definition) is 1. The van der Waals surface area contributed by atoms with Crippen molar-refractivity contribution in [2.45, 2.75) is 25.8 Å². The Morgan fingerprint density at radius 3 is 3.00 bits per heavy atom. The van der Waals surface area contributed by atoms with Crippen LogP contribution in [0.5, 0.6) is 0 Å². The van der Waals surface area contributed by atoms with E-state index in [1.807, 2.05) is 12.4 Å². The molecule has 4 nitrogen and oxygen atoms in total. The highest BCUT2D eigenvalue weighted by atomic mass is 15.2. The molecule has 1 fully saturated rings. The van der Waals surface area contributed by atoms with Gasteiger partial charge < -0.3 is 10.2 Å². The number of aromatic nitrogens is 2. The number of piperazine rings is 1. The van der Waals surface area contributed by atoms with E-state index in [1.54, 1.807) is 6.33 Å². The Kier molecular flexibility index (Phi) is 3.50. The van der Waals surface area contributed by atoms with Crippen molar-refractivity contribution >= 4 is 5.69 Å². The van der Waals surface area contributed by atoms with Crippen molar-refractivity contribution in [1.29, 1.82) is 0 Å². The maximum Gasteiger partial charge on any atom is 0.115 e. The summed E-state index contributed by atoms with van der Waals surface area (Å²) in [4.78, 5) is 10.5. The molecule has 2 rings (SSSR count). The first kappa shape index (κ1) is 10.4. The van der Waals surface area contributed by atoms with Gasteiger partial charge in [0, 0.05) is 25.7 Å². The quantitative estimate of drug-likeness (QED) is 0.802. The fourth-order valence-electron chi connectivity index (χ4n) is 2.06. The summed E-state index contributed by atoms with van der Waals surface area (Å²) in [6, 6.07) is 0.615. The lowest BCUT2D eigenvalue weighted by molar-refractivity contribution is 0.430. The van der Waals surface area contributed by atoms with Gasteiger partial charge in [-0.1, -0.05) is 13.3 Å². The molecule has 4 heteroatoms. The minimum absolute atomic E-state index is 0.615. The first-order chi connectivity index (χ1) is 7.40. The highest BCUT2D eigenvalue weighted by Gasteiger charge is 2.18. The first-order valence-electron chi connectivity index (χ1n) is 5.63. The molecule has 1 unspecified atom stereocenters. The second-order valence-electron chi connectivity index (χ2n) is 3.98. The molecule has 0 bridgehead atoms. The highest BCUT2D eigenvalue weighted by Crippen LogP contribution is 2.14. The molecule has 1 saturated heterocycles. The van der Waals surface area contributed by atoms with Gasteiger partial charge in [0.2, 0.25) is 0 Å². The molecular formula is C11H18N4. The smallest absolute Gasteiger partial charge is 0.115 e. The van der Waals surface area contributed by atoms with Crippen molar-refractivity contribution < 1.29 is 0 Å². The second kappa shape index (κ2) is 5.07. The van der Waals surface area contributed by atoms with Gasteiger partial charge in [-0.05, 0) is 6.42 Å². The van der Waals surface area contributed by atoms with Gasteiger partial charge in [0.15, 0.2) is 0 Å². The Morgan fingerprint density at radius 2 is 2.27 bits per heavy atom. The molecule has 0 spiro atoms. The third-order valence-electron chi connectivity index (χ3n) is 2.80. The van der Waals surface area contributed by atoms with Crippen molar-refractivity contribution in [2.24, 2.45) is 0 Å². The van der Waals surface area contributed by atoms with Crippen LogP contribution in [0.3, 0.4) is 0 Å². The average Bonchev–Trinajstić information content (AvgIpc) is 2.31. The molecule has 0 saturated carbocycles. The highest BCUT2D eigenvalue weighted by molar-refractivity contribution is 5.42. The average molecular weight is 206 g/mol. The summed E-state index contributed by atoms with van der Waals surface area (Å²) in [7, 11) is 0. The summed E-state index contributed by atoms with van der Waals surface area (Å²) >= 11 is 0. The minimum Gasteiger partial charge on any atom is -0.366 e. The number of rotatable bonds is 3. The van der Waals surface area contributed by atoms with Crippen molar-refractivity contribution in [3.8, 4) is 0 Å². The van der Waals surface area contributed by atoms with Crippen molar-refractivity contribution in [3.63, 3.8) is 0 Å². The molecule has 0 radical (unpaired) electrons. The molecule has 1 aromatic heterocycles. The van der Waals surface area contributed by atoms with Gasteiger partial charge in [0.1, 0.15) is 6.33 Å². The molecule has 15 heavy (non-hydrogen) atoms. The molecule has 0 aromatic carbocycles. The van der Waals surface area contributed by atoms with E-state index in [0.717, 1.165) is 25.3 Å². The van der Waals surface area contributed by atoms with E-state index in [9.17, 15) is 0 Å². The minimum atomic E-state index is 0.615. The van der Waals surface area contributed by atoms with E-state index < -0.39 is 0 Å². The predicted molar refractivity (Wildman–Crippen MR) is 60.9 cm³/mol. The Labute approximate surface area is 90.7 Å². The summed E-state index contributed by atoms with van der Waals surface area (Å²) in [5.41, 5.74) is 1.14. The van der Waals surface area contributed by atoms with Gasteiger partial charge in [-0.3, -0.25) is 0 Å². The van der Waals surface area contributed by atoms with Gasteiger partial charge in [-0.2, -0.15) is 0 Å². The molecule has 0 aliphatic carbocycles. The molecular weight excluding hydrogens is 188 g/mol. The van der Waals surface area contributed by atoms with Gasteiger partial charge in [0.05, 0.1) is 18.1 Å². The SMILES string of the molecule is CCCC1CN(c2cncnc2)CCN1. The lowest BCUT2D eigenvalue weighted by Gasteiger charge is -2.34. The fraction of sp³-hybridized carbons (Fsp3) is 0.636. The molecule has 2 heterocycles. The van der Waals surface area contributed by atoms with Crippen LogP contribution in [0.1, 0.15) is 19.8 Å². The zero-order chi connectivity index (χ0) is 10.5. The molecule has 82 valence electrons. The lowest BCUT2D eigenvalue weighted by Crippen LogP contribution is -2.50. The van der Waals surface area contributed by atoms with E-state index in [1.165, 1.54) is 12.8 Å². The summed E-state index contributed by atoms with van der Waals surface area (Å²) in [6.07, 6.45) is 7.83. The standard InChI is InChI=1S/C11H18N4/c1-2-3-10-8-15(5-4-14-10)11-6-12-9-13-7-11/h6-7,9-10,14H,2-5,8H2,1H3. The van der Waals surface area contributed by atoms with Crippen LogP contribution in [0.2, 0.25) is 0 Å². The molecule has 1 aliphatic rings. The molecule has 1 aliphatic heterocycles. The maximum absolute atomic E-state index is 4.06. The summed E-state index contributed by atoms with van der Waals surface area (Å²) in [5.74, 6) is 0. The van der Waals surface area contributed by atoms with Crippen molar-refractivity contribution in [3.05, 3.63) is 18.7 Å². The van der Waals surface area contributed by atoms with Crippen LogP contribution in [0.4, 0.5) is 5.69 Å². The van der Waals surface area contributed by atoms with Gasteiger partial charge >= 0.3 is 0 Å². The molecule has 1 atom stereocenters. The fourth-order valence-corrected chi connectivity index (χ4v) is 2.06.